The van der Waals surface area contributed by atoms with Crippen LogP contribution in [-0.4, -0.2) is 25.6 Å². The summed E-state index contributed by atoms with van der Waals surface area (Å²) in [6.45, 7) is 0. The van der Waals surface area contributed by atoms with E-state index in [-0.39, 0.29) is 16.3 Å². The van der Waals surface area contributed by atoms with Crippen LogP contribution in [0.2, 0.25) is 0 Å². The lowest BCUT2D eigenvalue weighted by Crippen LogP contribution is -2.14. The molecule has 100 valence electrons. The third-order valence-corrected chi connectivity index (χ3v) is 3.64. The Hall–Kier alpha value is -2.28. The van der Waals surface area contributed by atoms with E-state index in [4.69, 9.17) is 5.73 Å². The van der Waals surface area contributed by atoms with Crippen molar-refractivity contribution in [2.75, 3.05) is 17.3 Å². The molecule has 0 saturated carbocycles. The maximum atomic E-state index is 11.9. The average Bonchev–Trinajstić information content (AvgIpc) is 2.75. The number of hydrogen-bond acceptors (Lipinski definition) is 4. The summed E-state index contributed by atoms with van der Waals surface area (Å²) in [6, 6.07) is 7.68. The second-order valence-electron chi connectivity index (χ2n) is 4.07. The third-order valence-electron chi connectivity index (χ3n) is 2.48. The molecule has 1 heterocycles. The van der Waals surface area contributed by atoms with Gasteiger partial charge in [0.15, 0.2) is 9.84 Å². The molecule has 0 fully saturated rings. The minimum atomic E-state index is -3.41. The summed E-state index contributed by atoms with van der Waals surface area (Å²) in [7, 11) is -3.41. The number of rotatable bonds is 3. The number of sulfone groups is 1. The SMILES string of the molecule is CS(=O)(=O)c1ccccc1NC(=O)c1cc(N)c[nH]1. The molecule has 0 radical (unpaired) electrons. The Morgan fingerprint density at radius 3 is 2.58 bits per heavy atom. The molecule has 1 aromatic heterocycles. The summed E-state index contributed by atoms with van der Waals surface area (Å²) in [5, 5.41) is 2.54. The van der Waals surface area contributed by atoms with Crippen molar-refractivity contribution in [2.45, 2.75) is 4.90 Å². The zero-order valence-corrected chi connectivity index (χ0v) is 11.0. The topological polar surface area (TPSA) is 105 Å². The zero-order chi connectivity index (χ0) is 14.0. The second-order valence-corrected chi connectivity index (χ2v) is 6.05. The van der Waals surface area contributed by atoms with Gasteiger partial charge in [0.05, 0.1) is 10.6 Å². The molecule has 1 amide bonds. The lowest BCUT2D eigenvalue weighted by atomic mass is 10.3. The van der Waals surface area contributed by atoms with Gasteiger partial charge in [0.25, 0.3) is 5.91 Å². The van der Waals surface area contributed by atoms with Gasteiger partial charge >= 0.3 is 0 Å². The van der Waals surface area contributed by atoms with Gasteiger partial charge in [0.2, 0.25) is 0 Å². The summed E-state index contributed by atoms with van der Waals surface area (Å²) >= 11 is 0. The van der Waals surface area contributed by atoms with Gasteiger partial charge in [-0.2, -0.15) is 0 Å². The van der Waals surface area contributed by atoms with Crippen molar-refractivity contribution >= 4 is 27.1 Å². The number of aromatic nitrogens is 1. The Labute approximate surface area is 110 Å². The van der Waals surface area contributed by atoms with E-state index in [1.165, 1.54) is 24.4 Å². The molecule has 2 aromatic rings. The summed E-state index contributed by atoms with van der Waals surface area (Å²) in [5.41, 5.74) is 6.44. The van der Waals surface area contributed by atoms with Gasteiger partial charge in [-0.05, 0) is 18.2 Å². The number of aromatic amines is 1. The predicted octanol–water partition coefficient (Wildman–Crippen LogP) is 1.25. The fourth-order valence-corrected chi connectivity index (χ4v) is 2.47. The number of carbonyl (C=O) groups is 1. The van der Waals surface area contributed by atoms with Gasteiger partial charge in [-0.25, -0.2) is 8.42 Å². The first-order valence-electron chi connectivity index (χ1n) is 5.42. The van der Waals surface area contributed by atoms with E-state index in [1.807, 2.05) is 0 Å². The highest BCUT2D eigenvalue weighted by atomic mass is 32.2. The molecular weight excluding hydrogens is 266 g/mol. The van der Waals surface area contributed by atoms with Gasteiger partial charge in [-0.1, -0.05) is 12.1 Å². The van der Waals surface area contributed by atoms with Crippen LogP contribution in [0.3, 0.4) is 0 Å². The molecule has 0 atom stereocenters. The molecule has 19 heavy (non-hydrogen) atoms. The van der Waals surface area contributed by atoms with E-state index < -0.39 is 15.7 Å². The number of carbonyl (C=O) groups excluding carboxylic acids is 1. The Balaban J connectivity index is 2.32. The Kier molecular flexibility index (Phi) is 3.30. The first-order valence-corrected chi connectivity index (χ1v) is 7.31. The van der Waals surface area contributed by atoms with Crippen LogP contribution in [-0.2, 0) is 9.84 Å². The minimum Gasteiger partial charge on any atom is -0.397 e. The zero-order valence-electron chi connectivity index (χ0n) is 10.2. The van der Waals surface area contributed by atoms with Crippen LogP contribution in [0, 0.1) is 0 Å². The molecule has 0 aliphatic carbocycles. The number of nitrogen functional groups attached to an aromatic ring is 1. The highest BCUT2D eigenvalue weighted by Gasteiger charge is 2.15. The van der Waals surface area contributed by atoms with Crippen molar-refractivity contribution < 1.29 is 13.2 Å². The van der Waals surface area contributed by atoms with Crippen molar-refractivity contribution in [3.05, 3.63) is 42.2 Å². The van der Waals surface area contributed by atoms with Crippen molar-refractivity contribution in [3.63, 3.8) is 0 Å². The van der Waals surface area contributed by atoms with Crippen molar-refractivity contribution in [1.82, 2.24) is 4.98 Å². The first kappa shape index (κ1) is 13.2. The van der Waals surface area contributed by atoms with E-state index in [2.05, 4.69) is 10.3 Å². The van der Waals surface area contributed by atoms with Crippen LogP contribution in [0.4, 0.5) is 11.4 Å². The molecule has 0 aliphatic rings. The number of benzene rings is 1. The Bertz CT molecular complexity index is 719. The minimum absolute atomic E-state index is 0.0721. The Morgan fingerprint density at radius 1 is 1.32 bits per heavy atom. The van der Waals surface area contributed by atoms with Crippen molar-refractivity contribution in [1.29, 1.82) is 0 Å². The maximum absolute atomic E-state index is 11.9. The van der Waals surface area contributed by atoms with Crippen molar-refractivity contribution in [3.8, 4) is 0 Å². The van der Waals surface area contributed by atoms with Crippen molar-refractivity contribution in [2.24, 2.45) is 0 Å². The van der Waals surface area contributed by atoms with E-state index in [1.54, 1.807) is 12.1 Å². The number of nitrogens with one attached hydrogen (secondary N) is 2. The largest absolute Gasteiger partial charge is 0.397 e. The molecule has 0 unspecified atom stereocenters. The number of amides is 1. The Morgan fingerprint density at radius 2 is 2.00 bits per heavy atom. The lowest BCUT2D eigenvalue weighted by Gasteiger charge is -2.08. The van der Waals surface area contributed by atoms with E-state index in [0.717, 1.165) is 6.26 Å². The molecule has 0 aliphatic heterocycles. The number of H-pyrrole nitrogens is 1. The van der Waals surface area contributed by atoms with Crippen LogP contribution in [0.15, 0.2) is 41.4 Å². The number of para-hydroxylation sites is 1. The van der Waals surface area contributed by atoms with Crippen LogP contribution in [0.25, 0.3) is 0 Å². The molecule has 0 bridgehead atoms. The number of hydrogen-bond donors (Lipinski definition) is 3. The van der Waals surface area contributed by atoms with Gasteiger partial charge in [-0.15, -0.1) is 0 Å². The van der Waals surface area contributed by atoms with Gasteiger partial charge in [0, 0.05) is 18.1 Å². The third kappa shape index (κ3) is 2.94. The number of anilines is 2. The van der Waals surface area contributed by atoms with Crippen LogP contribution < -0.4 is 11.1 Å². The van der Waals surface area contributed by atoms with Gasteiger partial charge in [0.1, 0.15) is 5.69 Å². The summed E-state index contributed by atoms with van der Waals surface area (Å²) in [6.07, 6.45) is 2.57. The van der Waals surface area contributed by atoms with Crippen LogP contribution in [0.5, 0.6) is 0 Å². The summed E-state index contributed by atoms with van der Waals surface area (Å²) in [5.74, 6) is -0.451. The fourth-order valence-electron chi connectivity index (χ4n) is 1.63. The smallest absolute Gasteiger partial charge is 0.272 e. The van der Waals surface area contributed by atoms with Crippen LogP contribution >= 0.6 is 0 Å². The summed E-state index contributed by atoms with van der Waals surface area (Å²) in [4.78, 5) is 14.7. The normalized spacial score (nSPS) is 11.2. The second kappa shape index (κ2) is 4.77. The number of nitrogens with two attached hydrogens (primary N) is 1. The first-order chi connectivity index (χ1) is 8.88. The van der Waals surface area contributed by atoms with E-state index >= 15 is 0 Å². The molecule has 7 heteroatoms. The molecule has 4 N–H and O–H groups in total. The maximum Gasteiger partial charge on any atom is 0.272 e. The molecular formula is C12H13N3O3S. The molecule has 2 rings (SSSR count). The fraction of sp³-hybridized carbons (Fsp3) is 0.0833. The molecule has 0 spiro atoms. The molecule has 1 aromatic carbocycles. The molecule has 0 saturated heterocycles. The molecule has 6 nitrogen and oxygen atoms in total. The van der Waals surface area contributed by atoms with E-state index in [0.29, 0.717) is 5.69 Å². The lowest BCUT2D eigenvalue weighted by molar-refractivity contribution is 0.102. The standard InChI is InChI=1S/C12H13N3O3S/c1-19(17,18)11-5-3-2-4-9(11)15-12(16)10-6-8(13)7-14-10/h2-7,14H,13H2,1H3,(H,15,16). The van der Waals surface area contributed by atoms with E-state index in [9.17, 15) is 13.2 Å². The van der Waals surface area contributed by atoms with Gasteiger partial charge < -0.3 is 16.0 Å². The van der Waals surface area contributed by atoms with Crippen LogP contribution in [0.1, 0.15) is 10.5 Å². The predicted molar refractivity (Wildman–Crippen MR) is 72.7 cm³/mol. The quantitative estimate of drug-likeness (QED) is 0.786. The summed E-state index contributed by atoms with van der Waals surface area (Å²) < 4.78 is 23.2. The highest BCUT2D eigenvalue weighted by molar-refractivity contribution is 7.90. The van der Waals surface area contributed by atoms with Gasteiger partial charge in [-0.3, -0.25) is 4.79 Å². The monoisotopic (exact) mass is 279 g/mol. The highest BCUT2D eigenvalue weighted by Crippen LogP contribution is 2.21. The average molecular weight is 279 g/mol.